The Morgan fingerprint density at radius 3 is 2.95 bits per heavy atom. The largest absolute Gasteiger partial charge is 0.466 e. The van der Waals surface area contributed by atoms with Crippen molar-refractivity contribution in [2.24, 2.45) is 5.84 Å². The standard InChI is InChI=1S/C9H14N6O4/c1-2-19-7(16)3-4-11-8-6(15(17)18)5-12-9(13-8)14-10/h5H,2-4,10H2,1H3,(H2,11,12,13,14). The molecule has 104 valence electrons. The molecule has 19 heavy (non-hydrogen) atoms. The number of hydrogen-bond donors (Lipinski definition) is 3. The molecule has 0 saturated heterocycles. The van der Waals surface area contributed by atoms with Crippen LogP contribution in [0.1, 0.15) is 13.3 Å². The summed E-state index contributed by atoms with van der Waals surface area (Å²) in [6, 6.07) is 0. The lowest BCUT2D eigenvalue weighted by Crippen LogP contribution is -2.15. The molecular formula is C9H14N6O4. The average molecular weight is 270 g/mol. The summed E-state index contributed by atoms with van der Waals surface area (Å²) in [5.74, 6) is 4.73. The van der Waals surface area contributed by atoms with Crippen LogP contribution in [0.25, 0.3) is 0 Å². The van der Waals surface area contributed by atoms with Crippen molar-refractivity contribution in [3.63, 3.8) is 0 Å². The fraction of sp³-hybridized carbons (Fsp3) is 0.444. The van der Waals surface area contributed by atoms with Crippen LogP contribution in [0.2, 0.25) is 0 Å². The zero-order chi connectivity index (χ0) is 14.3. The van der Waals surface area contributed by atoms with Gasteiger partial charge in [-0.2, -0.15) is 4.98 Å². The molecule has 1 aromatic rings. The highest BCUT2D eigenvalue weighted by atomic mass is 16.6. The Kier molecular flexibility index (Phi) is 5.41. The van der Waals surface area contributed by atoms with Gasteiger partial charge in [0.15, 0.2) is 0 Å². The number of carbonyl (C=O) groups excluding carboxylic acids is 1. The number of hydrazine groups is 1. The number of rotatable bonds is 7. The number of ether oxygens (including phenoxy) is 1. The number of nitro groups is 1. The SMILES string of the molecule is CCOC(=O)CCNc1nc(NN)ncc1[N+](=O)[O-]. The van der Waals surface area contributed by atoms with Crippen LogP contribution in [0, 0.1) is 10.1 Å². The molecule has 0 atom stereocenters. The van der Waals surface area contributed by atoms with E-state index >= 15 is 0 Å². The number of aromatic nitrogens is 2. The van der Waals surface area contributed by atoms with E-state index < -0.39 is 10.9 Å². The van der Waals surface area contributed by atoms with Crippen molar-refractivity contribution in [3.8, 4) is 0 Å². The Morgan fingerprint density at radius 1 is 1.63 bits per heavy atom. The van der Waals surface area contributed by atoms with Gasteiger partial charge in [-0.05, 0) is 6.92 Å². The van der Waals surface area contributed by atoms with Gasteiger partial charge in [-0.1, -0.05) is 0 Å². The van der Waals surface area contributed by atoms with Gasteiger partial charge in [0.05, 0.1) is 18.0 Å². The minimum atomic E-state index is -0.632. The van der Waals surface area contributed by atoms with E-state index in [9.17, 15) is 14.9 Å². The number of carbonyl (C=O) groups is 1. The van der Waals surface area contributed by atoms with Crippen LogP contribution in [0.15, 0.2) is 6.20 Å². The lowest BCUT2D eigenvalue weighted by Gasteiger charge is -2.07. The van der Waals surface area contributed by atoms with Gasteiger partial charge in [0.2, 0.25) is 11.8 Å². The Bertz CT molecular complexity index is 466. The van der Waals surface area contributed by atoms with Crippen LogP contribution in [0.3, 0.4) is 0 Å². The lowest BCUT2D eigenvalue weighted by molar-refractivity contribution is -0.384. The van der Waals surface area contributed by atoms with E-state index in [1.54, 1.807) is 6.92 Å². The van der Waals surface area contributed by atoms with Crippen LogP contribution in [0.5, 0.6) is 0 Å². The highest BCUT2D eigenvalue weighted by molar-refractivity contribution is 5.70. The van der Waals surface area contributed by atoms with E-state index in [1.807, 2.05) is 0 Å². The molecule has 0 amide bonds. The molecule has 10 nitrogen and oxygen atoms in total. The minimum Gasteiger partial charge on any atom is -0.466 e. The maximum atomic E-state index is 11.1. The number of esters is 1. The summed E-state index contributed by atoms with van der Waals surface area (Å²) in [7, 11) is 0. The fourth-order valence-electron chi connectivity index (χ4n) is 1.22. The first-order valence-corrected chi connectivity index (χ1v) is 5.46. The lowest BCUT2D eigenvalue weighted by atomic mass is 10.4. The normalized spacial score (nSPS) is 9.79. The van der Waals surface area contributed by atoms with Gasteiger partial charge in [-0.15, -0.1) is 0 Å². The topological polar surface area (TPSA) is 145 Å². The third kappa shape index (κ3) is 4.35. The van der Waals surface area contributed by atoms with Gasteiger partial charge in [-0.3, -0.25) is 20.3 Å². The Morgan fingerprint density at radius 2 is 2.37 bits per heavy atom. The molecule has 0 spiro atoms. The molecule has 0 radical (unpaired) electrons. The van der Waals surface area contributed by atoms with Crippen molar-refractivity contribution in [1.82, 2.24) is 9.97 Å². The summed E-state index contributed by atoms with van der Waals surface area (Å²) >= 11 is 0. The number of nitrogen functional groups attached to an aromatic ring is 1. The number of anilines is 2. The summed E-state index contributed by atoms with van der Waals surface area (Å²) in [5, 5.41) is 13.4. The third-order valence-corrected chi connectivity index (χ3v) is 2.02. The predicted molar refractivity (Wildman–Crippen MR) is 66.2 cm³/mol. The Labute approximate surface area is 108 Å². The van der Waals surface area contributed by atoms with Crippen molar-refractivity contribution in [3.05, 3.63) is 16.3 Å². The number of nitrogens with one attached hydrogen (secondary N) is 2. The van der Waals surface area contributed by atoms with Crippen LogP contribution in [-0.2, 0) is 9.53 Å². The quantitative estimate of drug-likeness (QED) is 0.270. The first-order chi connectivity index (χ1) is 9.08. The molecule has 1 rings (SSSR count). The maximum absolute atomic E-state index is 11.1. The second kappa shape index (κ2) is 7.06. The third-order valence-electron chi connectivity index (χ3n) is 2.02. The number of hydrogen-bond acceptors (Lipinski definition) is 9. The first kappa shape index (κ1) is 14.6. The van der Waals surface area contributed by atoms with E-state index in [2.05, 4.69) is 20.7 Å². The maximum Gasteiger partial charge on any atom is 0.329 e. The van der Waals surface area contributed by atoms with Gasteiger partial charge in [-0.25, -0.2) is 10.8 Å². The number of nitrogens with two attached hydrogens (primary N) is 1. The van der Waals surface area contributed by atoms with E-state index in [0.29, 0.717) is 0 Å². The summed E-state index contributed by atoms with van der Waals surface area (Å²) in [6.07, 6.45) is 1.09. The van der Waals surface area contributed by atoms with Gasteiger partial charge in [0.25, 0.3) is 0 Å². The summed E-state index contributed by atoms with van der Waals surface area (Å²) < 4.78 is 4.72. The van der Waals surface area contributed by atoms with Crippen LogP contribution >= 0.6 is 0 Å². The monoisotopic (exact) mass is 270 g/mol. The van der Waals surface area contributed by atoms with Crippen molar-refractivity contribution < 1.29 is 14.5 Å². The minimum absolute atomic E-state index is 0.0164. The summed E-state index contributed by atoms with van der Waals surface area (Å²) in [6.45, 7) is 2.13. The molecule has 4 N–H and O–H groups in total. The van der Waals surface area contributed by atoms with E-state index in [1.165, 1.54) is 0 Å². The molecule has 0 fully saturated rings. The zero-order valence-corrected chi connectivity index (χ0v) is 10.3. The highest BCUT2D eigenvalue weighted by Crippen LogP contribution is 2.21. The highest BCUT2D eigenvalue weighted by Gasteiger charge is 2.17. The summed E-state index contributed by atoms with van der Waals surface area (Å²) in [4.78, 5) is 28.7. The molecule has 0 unspecified atom stereocenters. The fourth-order valence-corrected chi connectivity index (χ4v) is 1.22. The predicted octanol–water partition coefficient (Wildman–Crippen LogP) is 0.0355. The van der Waals surface area contributed by atoms with Crippen LogP contribution in [-0.4, -0.2) is 34.0 Å². The second-order valence-corrected chi connectivity index (χ2v) is 3.31. The Balaban J connectivity index is 2.69. The van der Waals surface area contributed by atoms with Crippen LogP contribution < -0.4 is 16.6 Å². The molecule has 1 heterocycles. The summed E-state index contributed by atoms with van der Waals surface area (Å²) in [5.41, 5.74) is 1.87. The smallest absolute Gasteiger partial charge is 0.329 e. The molecule has 0 aliphatic rings. The Hall–Kier alpha value is -2.49. The zero-order valence-electron chi connectivity index (χ0n) is 10.3. The average Bonchev–Trinajstić information content (AvgIpc) is 2.38. The molecule has 10 heteroatoms. The van der Waals surface area contributed by atoms with Crippen molar-refractivity contribution >= 4 is 23.4 Å². The molecule has 1 aromatic heterocycles. The van der Waals surface area contributed by atoms with Crippen molar-refractivity contribution in [2.45, 2.75) is 13.3 Å². The van der Waals surface area contributed by atoms with E-state index in [4.69, 9.17) is 10.6 Å². The molecule has 0 aliphatic heterocycles. The molecule has 0 aromatic carbocycles. The molecule has 0 bridgehead atoms. The van der Waals surface area contributed by atoms with Gasteiger partial charge in [0, 0.05) is 6.54 Å². The molecule has 0 aliphatic carbocycles. The van der Waals surface area contributed by atoms with Crippen LogP contribution in [0.4, 0.5) is 17.5 Å². The van der Waals surface area contributed by atoms with E-state index in [-0.39, 0.29) is 37.0 Å². The number of nitrogens with zero attached hydrogens (tertiary/aromatic N) is 3. The first-order valence-electron chi connectivity index (χ1n) is 5.46. The van der Waals surface area contributed by atoms with Gasteiger partial charge in [0.1, 0.15) is 6.20 Å². The van der Waals surface area contributed by atoms with Gasteiger partial charge < -0.3 is 10.1 Å². The molecular weight excluding hydrogens is 256 g/mol. The van der Waals surface area contributed by atoms with E-state index in [0.717, 1.165) is 6.20 Å². The van der Waals surface area contributed by atoms with Crippen molar-refractivity contribution in [1.29, 1.82) is 0 Å². The van der Waals surface area contributed by atoms with Crippen molar-refractivity contribution in [2.75, 3.05) is 23.9 Å². The second-order valence-electron chi connectivity index (χ2n) is 3.31. The van der Waals surface area contributed by atoms with Gasteiger partial charge >= 0.3 is 11.7 Å². The molecule has 0 saturated carbocycles.